The fourth-order valence-electron chi connectivity index (χ4n) is 2.03. The molecule has 0 spiro atoms. The first-order valence-corrected chi connectivity index (χ1v) is 7.06. The van der Waals surface area contributed by atoms with Gasteiger partial charge in [-0.05, 0) is 50.1 Å². The van der Waals surface area contributed by atoms with Crippen molar-refractivity contribution in [1.29, 1.82) is 0 Å². The smallest absolute Gasteiger partial charge is 0.129 e. The summed E-state index contributed by atoms with van der Waals surface area (Å²) >= 11 is 6.21. The topological polar surface area (TPSA) is 41.8 Å². The van der Waals surface area contributed by atoms with Crippen molar-refractivity contribution in [1.82, 2.24) is 0 Å². The third kappa shape index (κ3) is 3.76. The van der Waals surface area contributed by atoms with E-state index in [2.05, 4.69) is 5.16 Å². The van der Waals surface area contributed by atoms with Crippen LogP contribution < -0.4 is 4.74 Å². The minimum absolute atomic E-state index is 0.369. The Morgan fingerprint density at radius 2 is 1.81 bits per heavy atom. The summed E-state index contributed by atoms with van der Waals surface area (Å²) in [4.78, 5) is 0. The predicted molar refractivity (Wildman–Crippen MR) is 85.7 cm³/mol. The Labute approximate surface area is 129 Å². The largest absolute Gasteiger partial charge is 0.488 e. The molecule has 0 bridgehead atoms. The highest BCUT2D eigenvalue weighted by Gasteiger charge is 2.09. The molecule has 110 valence electrons. The van der Waals surface area contributed by atoms with Crippen molar-refractivity contribution in [2.45, 2.75) is 27.4 Å². The average Bonchev–Trinajstić information content (AvgIpc) is 2.45. The summed E-state index contributed by atoms with van der Waals surface area (Å²) in [6.45, 7) is 6.09. The molecule has 21 heavy (non-hydrogen) atoms. The van der Waals surface area contributed by atoms with Gasteiger partial charge in [0.05, 0.1) is 5.71 Å². The summed E-state index contributed by atoms with van der Waals surface area (Å²) in [5.74, 6) is 0.682. The molecule has 2 aromatic rings. The third-order valence-electron chi connectivity index (χ3n) is 3.27. The van der Waals surface area contributed by atoms with E-state index in [-0.39, 0.29) is 0 Å². The van der Waals surface area contributed by atoms with E-state index in [0.717, 1.165) is 22.3 Å². The van der Waals surface area contributed by atoms with E-state index in [1.54, 1.807) is 6.92 Å². The van der Waals surface area contributed by atoms with E-state index in [1.807, 2.05) is 50.2 Å². The molecular formula is C17H18ClNO2. The van der Waals surface area contributed by atoms with Gasteiger partial charge in [-0.2, -0.15) is 0 Å². The van der Waals surface area contributed by atoms with Gasteiger partial charge in [0.1, 0.15) is 12.4 Å². The van der Waals surface area contributed by atoms with Crippen LogP contribution in [0.3, 0.4) is 0 Å². The normalized spacial score (nSPS) is 11.5. The molecule has 2 aromatic carbocycles. The molecule has 0 fully saturated rings. The average molecular weight is 304 g/mol. The number of hydrogen-bond donors (Lipinski definition) is 1. The van der Waals surface area contributed by atoms with Crippen molar-refractivity contribution in [3.63, 3.8) is 0 Å². The predicted octanol–water partition coefficient (Wildman–Crippen LogP) is 4.73. The van der Waals surface area contributed by atoms with Crippen molar-refractivity contribution in [2.75, 3.05) is 0 Å². The van der Waals surface area contributed by atoms with Crippen LogP contribution >= 0.6 is 11.6 Å². The number of benzene rings is 2. The standard InChI is InChI=1S/C17H18ClNO2/c1-11-4-6-14(16(18)8-11)10-21-17-9-12(2)5-7-15(17)13(3)19-20/h4-9,20H,10H2,1-3H3/b19-13-. The first-order chi connectivity index (χ1) is 10.0. The monoisotopic (exact) mass is 303 g/mol. The second-order valence-electron chi connectivity index (χ2n) is 5.07. The first-order valence-electron chi connectivity index (χ1n) is 6.69. The van der Waals surface area contributed by atoms with Crippen LogP contribution in [0, 0.1) is 13.8 Å². The number of nitrogens with zero attached hydrogens (tertiary/aromatic N) is 1. The molecule has 3 nitrogen and oxygen atoms in total. The lowest BCUT2D eigenvalue weighted by Gasteiger charge is -2.13. The molecule has 2 rings (SSSR count). The zero-order valence-electron chi connectivity index (χ0n) is 12.4. The zero-order chi connectivity index (χ0) is 15.4. The maximum atomic E-state index is 8.95. The molecule has 0 aliphatic rings. The molecule has 0 saturated carbocycles. The van der Waals surface area contributed by atoms with Crippen molar-refractivity contribution in [3.8, 4) is 5.75 Å². The van der Waals surface area contributed by atoms with Crippen LogP contribution in [-0.2, 0) is 6.61 Å². The fraction of sp³-hybridized carbons (Fsp3) is 0.235. The zero-order valence-corrected chi connectivity index (χ0v) is 13.1. The van der Waals surface area contributed by atoms with Gasteiger partial charge in [0, 0.05) is 16.1 Å². The number of hydrogen-bond acceptors (Lipinski definition) is 3. The van der Waals surface area contributed by atoms with Gasteiger partial charge in [0.2, 0.25) is 0 Å². The second kappa shape index (κ2) is 6.64. The van der Waals surface area contributed by atoms with Crippen LogP contribution in [0.15, 0.2) is 41.6 Å². The van der Waals surface area contributed by atoms with E-state index >= 15 is 0 Å². The van der Waals surface area contributed by atoms with Crippen LogP contribution in [-0.4, -0.2) is 10.9 Å². The molecule has 4 heteroatoms. The Bertz CT molecular complexity index is 680. The van der Waals surface area contributed by atoms with Gasteiger partial charge in [-0.1, -0.05) is 35.0 Å². The number of ether oxygens (including phenoxy) is 1. The van der Waals surface area contributed by atoms with Crippen molar-refractivity contribution in [2.24, 2.45) is 5.16 Å². The Hall–Kier alpha value is -2.00. The fourth-order valence-corrected chi connectivity index (χ4v) is 2.32. The second-order valence-corrected chi connectivity index (χ2v) is 5.48. The Morgan fingerprint density at radius 1 is 1.14 bits per heavy atom. The quantitative estimate of drug-likeness (QED) is 0.504. The molecule has 0 unspecified atom stereocenters. The minimum Gasteiger partial charge on any atom is -0.488 e. The molecule has 1 N–H and O–H groups in total. The SMILES string of the molecule is C/C(=N/O)c1ccc(C)cc1OCc1ccc(C)cc1Cl. The van der Waals surface area contributed by atoms with Crippen LogP contribution in [0.2, 0.25) is 5.02 Å². The van der Waals surface area contributed by atoms with Gasteiger partial charge in [-0.3, -0.25) is 0 Å². The molecular weight excluding hydrogens is 286 g/mol. The van der Waals surface area contributed by atoms with Gasteiger partial charge < -0.3 is 9.94 Å². The highest BCUT2D eigenvalue weighted by Crippen LogP contribution is 2.24. The maximum Gasteiger partial charge on any atom is 0.129 e. The minimum atomic E-state index is 0.369. The summed E-state index contributed by atoms with van der Waals surface area (Å²) in [6, 6.07) is 11.6. The van der Waals surface area contributed by atoms with E-state index < -0.39 is 0 Å². The highest BCUT2D eigenvalue weighted by atomic mass is 35.5. The summed E-state index contributed by atoms with van der Waals surface area (Å²) < 4.78 is 5.87. The number of oxime groups is 1. The highest BCUT2D eigenvalue weighted by molar-refractivity contribution is 6.31. The lowest BCUT2D eigenvalue weighted by atomic mass is 10.1. The van der Waals surface area contributed by atoms with Crippen LogP contribution in [0.1, 0.15) is 29.2 Å². The summed E-state index contributed by atoms with van der Waals surface area (Å²) in [5, 5.41) is 12.9. The molecule has 0 amide bonds. The van der Waals surface area contributed by atoms with Crippen molar-refractivity contribution < 1.29 is 9.94 Å². The summed E-state index contributed by atoms with van der Waals surface area (Å²) in [5.41, 5.74) is 4.40. The van der Waals surface area contributed by atoms with Gasteiger partial charge in [0.15, 0.2) is 0 Å². The summed E-state index contributed by atoms with van der Waals surface area (Å²) in [6.07, 6.45) is 0. The molecule has 0 radical (unpaired) electrons. The van der Waals surface area contributed by atoms with Gasteiger partial charge in [0.25, 0.3) is 0 Å². The Balaban J connectivity index is 2.25. The Kier molecular flexibility index (Phi) is 4.86. The van der Waals surface area contributed by atoms with Gasteiger partial charge in [-0.15, -0.1) is 0 Å². The maximum absolute atomic E-state index is 8.95. The number of rotatable bonds is 4. The number of halogens is 1. The van der Waals surface area contributed by atoms with Gasteiger partial charge in [-0.25, -0.2) is 0 Å². The third-order valence-corrected chi connectivity index (χ3v) is 3.62. The summed E-state index contributed by atoms with van der Waals surface area (Å²) in [7, 11) is 0. The Morgan fingerprint density at radius 3 is 2.48 bits per heavy atom. The molecule has 0 aliphatic heterocycles. The van der Waals surface area contributed by atoms with Gasteiger partial charge >= 0.3 is 0 Å². The molecule has 0 atom stereocenters. The van der Waals surface area contributed by atoms with Crippen LogP contribution in [0.25, 0.3) is 0 Å². The lowest BCUT2D eigenvalue weighted by Crippen LogP contribution is -2.03. The molecule has 0 aromatic heterocycles. The van der Waals surface area contributed by atoms with E-state index in [1.165, 1.54) is 0 Å². The lowest BCUT2D eigenvalue weighted by molar-refractivity contribution is 0.303. The molecule has 0 aliphatic carbocycles. The number of aryl methyl sites for hydroxylation is 2. The van der Waals surface area contributed by atoms with Crippen LogP contribution in [0.5, 0.6) is 5.75 Å². The van der Waals surface area contributed by atoms with E-state index in [9.17, 15) is 0 Å². The molecule has 0 saturated heterocycles. The van der Waals surface area contributed by atoms with E-state index in [0.29, 0.717) is 23.1 Å². The van der Waals surface area contributed by atoms with Crippen molar-refractivity contribution in [3.05, 3.63) is 63.7 Å². The van der Waals surface area contributed by atoms with E-state index in [4.69, 9.17) is 21.5 Å². The van der Waals surface area contributed by atoms with Crippen LogP contribution in [0.4, 0.5) is 0 Å². The first kappa shape index (κ1) is 15.4. The molecule has 0 heterocycles. The van der Waals surface area contributed by atoms with Crippen molar-refractivity contribution >= 4 is 17.3 Å².